The summed E-state index contributed by atoms with van der Waals surface area (Å²) < 4.78 is 25.9. The number of pyridine rings is 1. The zero-order valence-corrected chi connectivity index (χ0v) is 17.8. The van der Waals surface area contributed by atoms with Crippen molar-refractivity contribution >= 4 is 22.7 Å². The van der Waals surface area contributed by atoms with E-state index in [0.717, 1.165) is 11.4 Å². The summed E-state index contributed by atoms with van der Waals surface area (Å²) >= 11 is 0. The molecule has 0 fully saturated rings. The van der Waals surface area contributed by atoms with E-state index in [-0.39, 0.29) is 24.0 Å². The fraction of sp³-hybridized carbons (Fsp3) is 0.348. The van der Waals surface area contributed by atoms with Crippen molar-refractivity contribution in [2.24, 2.45) is 0 Å². The lowest BCUT2D eigenvalue weighted by atomic mass is 10.1. The molecule has 7 heteroatoms. The third-order valence-electron chi connectivity index (χ3n) is 5.16. The largest absolute Gasteiger partial charge is 0.454 e. The van der Waals surface area contributed by atoms with E-state index in [9.17, 15) is 14.0 Å². The molecule has 1 unspecified atom stereocenters. The van der Waals surface area contributed by atoms with E-state index in [0.29, 0.717) is 28.8 Å². The molecule has 0 bridgehead atoms. The van der Waals surface area contributed by atoms with Crippen LogP contribution in [0.15, 0.2) is 30.3 Å². The van der Waals surface area contributed by atoms with Gasteiger partial charge in [-0.3, -0.25) is 9.78 Å². The maximum absolute atomic E-state index is 13.4. The first-order valence-electron chi connectivity index (χ1n) is 9.67. The predicted molar refractivity (Wildman–Crippen MR) is 112 cm³/mol. The van der Waals surface area contributed by atoms with Crippen molar-refractivity contribution in [2.75, 3.05) is 20.3 Å². The normalized spacial score (nSPS) is 12.2. The highest BCUT2D eigenvalue weighted by Gasteiger charge is 2.21. The van der Waals surface area contributed by atoms with Gasteiger partial charge in [-0.1, -0.05) is 0 Å². The van der Waals surface area contributed by atoms with Gasteiger partial charge in [0.1, 0.15) is 5.82 Å². The number of benzene rings is 1. The van der Waals surface area contributed by atoms with Crippen molar-refractivity contribution in [3.05, 3.63) is 64.4 Å². The molecule has 0 radical (unpaired) electrons. The first-order valence-corrected chi connectivity index (χ1v) is 9.67. The number of rotatable bonds is 7. The van der Waals surface area contributed by atoms with Gasteiger partial charge in [-0.2, -0.15) is 0 Å². The fourth-order valence-corrected chi connectivity index (χ4v) is 3.78. The Morgan fingerprint density at radius 3 is 2.57 bits per heavy atom. The molecule has 158 valence electrons. The molecule has 6 nitrogen and oxygen atoms in total. The van der Waals surface area contributed by atoms with E-state index in [1.807, 2.05) is 25.3 Å². The Bertz CT molecular complexity index is 1120. The van der Waals surface area contributed by atoms with E-state index in [1.165, 1.54) is 12.1 Å². The van der Waals surface area contributed by atoms with Crippen LogP contribution in [0.3, 0.4) is 0 Å². The van der Waals surface area contributed by atoms with Gasteiger partial charge in [0.2, 0.25) is 5.78 Å². The Hall–Kier alpha value is -3.06. The van der Waals surface area contributed by atoms with Gasteiger partial charge in [0.15, 0.2) is 6.61 Å². The van der Waals surface area contributed by atoms with Crippen LogP contribution in [0, 0.1) is 26.6 Å². The third-order valence-corrected chi connectivity index (χ3v) is 5.16. The molecule has 0 aliphatic heterocycles. The third kappa shape index (κ3) is 4.26. The van der Waals surface area contributed by atoms with Crippen molar-refractivity contribution in [1.82, 2.24) is 9.55 Å². The molecule has 0 aliphatic carbocycles. The SMILES string of the molecule is COCC(C)n1c(C)cc(C(=O)COC(=O)c2cc3ccc(F)cc3nc2C)c1C. The van der Waals surface area contributed by atoms with Gasteiger partial charge in [-0.25, -0.2) is 9.18 Å². The van der Waals surface area contributed by atoms with Crippen molar-refractivity contribution in [3.63, 3.8) is 0 Å². The topological polar surface area (TPSA) is 70.4 Å². The average molecular weight is 412 g/mol. The van der Waals surface area contributed by atoms with Crippen LogP contribution in [0.4, 0.5) is 4.39 Å². The number of Topliss-reactive ketones (excluding diaryl/α,β-unsaturated/α-hetero) is 1. The summed E-state index contributed by atoms with van der Waals surface area (Å²) in [6.07, 6.45) is 0. The summed E-state index contributed by atoms with van der Waals surface area (Å²) in [6.45, 7) is 7.60. The van der Waals surface area contributed by atoms with Gasteiger partial charge in [0.05, 0.1) is 29.4 Å². The first kappa shape index (κ1) is 21.6. The number of aryl methyl sites for hydroxylation is 2. The van der Waals surface area contributed by atoms with Crippen LogP contribution in [0.1, 0.15) is 50.8 Å². The summed E-state index contributed by atoms with van der Waals surface area (Å²) in [7, 11) is 1.64. The summed E-state index contributed by atoms with van der Waals surface area (Å²) in [4.78, 5) is 29.5. The monoisotopic (exact) mass is 412 g/mol. The second kappa shape index (κ2) is 8.75. The number of ether oxygens (including phenoxy) is 2. The maximum atomic E-state index is 13.4. The summed E-state index contributed by atoms with van der Waals surface area (Å²) in [5, 5.41) is 0.621. The van der Waals surface area contributed by atoms with E-state index < -0.39 is 11.8 Å². The molecule has 2 aromatic heterocycles. The maximum Gasteiger partial charge on any atom is 0.340 e. The molecule has 1 atom stereocenters. The number of hydrogen-bond donors (Lipinski definition) is 0. The second-order valence-electron chi connectivity index (χ2n) is 7.42. The molecule has 30 heavy (non-hydrogen) atoms. The number of carbonyl (C=O) groups excluding carboxylic acids is 2. The highest BCUT2D eigenvalue weighted by atomic mass is 19.1. The first-order chi connectivity index (χ1) is 14.2. The molecular formula is C23H25FN2O4. The Labute approximate surface area is 174 Å². The smallest absolute Gasteiger partial charge is 0.340 e. The van der Waals surface area contributed by atoms with Crippen LogP contribution in [0.2, 0.25) is 0 Å². The lowest BCUT2D eigenvalue weighted by Crippen LogP contribution is -2.17. The molecule has 2 heterocycles. The molecule has 3 rings (SSSR count). The van der Waals surface area contributed by atoms with Gasteiger partial charge >= 0.3 is 5.97 Å². The summed E-state index contributed by atoms with van der Waals surface area (Å²) in [6, 6.07) is 7.64. The molecule has 0 spiro atoms. The number of carbonyl (C=O) groups is 2. The van der Waals surface area contributed by atoms with Crippen molar-refractivity contribution in [2.45, 2.75) is 33.7 Å². The number of aromatic nitrogens is 2. The zero-order chi connectivity index (χ0) is 22.0. The van der Waals surface area contributed by atoms with Crippen molar-refractivity contribution in [1.29, 1.82) is 0 Å². The summed E-state index contributed by atoms with van der Waals surface area (Å²) in [5.74, 6) is -1.31. The quantitative estimate of drug-likeness (QED) is 0.426. The zero-order valence-electron chi connectivity index (χ0n) is 17.8. The number of esters is 1. The predicted octanol–water partition coefficient (Wildman–Crippen LogP) is 4.35. The number of methoxy groups -OCH3 is 1. The minimum absolute atomic E-state index is 0.0789. The Kier molecular flexibility index (Phi) is 6.31. The molecule has 0 saturated carbocycles. The van der Waals surface area contributed by atoms with Crippen LogP contribution >= 0.6 is 0 Å². The van der Waals surface area contributed by atoms with Crippen LogP contribution < -0.4 is 0 Å². The summed E-state index contributed by atoms with van der Waals surface area (Å²) in [5.41, 5.74) is 3.39. The van der Waals surface area contributed by atoms with Crippen LogP contribution in [-0.4, -0.2) is 41.6 Å². The lowest BCUT2D eigenvalue weighted by molar-refractivity contribution is 0.0473. The van der Waals surface area contributed by atoms with Gasteiger partial charge in [-0.05, 0) is 52.0 Å². The molecule has 0 aliphatic rings. The Morgan fingerprint density at radius 1 is 1.13 bits per heavy atom. The standard InChI is InChI=1S/C23H25FN2O4/c1-13-8-20(16(4)26(13)14(2)11-29-5)22(27)12-30-23(28)19-9-17-6-7-18(24)10-21(17)25-15(19)3/h6-10,14H,11-12H2,1-5H3. The van der Waals surface area contributed by atoms with Gasteiger partial charge in [0.25, 0.3) is 0 Å². The average Bonchev–Trinajstić information content (AvgIpc) is 2.99. The van der Waals surface area contributed by atoms with E-state index in [4.69, 9.17) is 9.47 Å². The molecule has 3 aromatic rings. The number of fused-ring (bicyclic) bond motifs is 1. The van der Waals surface area contributed by atoms with Gasteiger partial charge in [0, 0.05) is 35.5 Å². The number of halogens is 1. The molecule has 1 aromatic carbocycles. The minimum Gasteiger partial charge on any atom is -0.454 e. The van der Waals surface area contributed by atoms with E-state index >= 15 is 0 Å². The van der Waals surface area contributed by atoms with E-state index in [2.05, 4.69) is 4.98 Å². The second-order valence-corrected chi connectivity index (χ2v) is 7.42. The van der Waals surface area contributed by atoms with Crippen LogP contribution in [0.5, 0.6) is 0 Å². The highest BCUT2D eigenvalue weighted by Crippen LogP contribution is 2.22. The van der Waals surface area contributed by atoms with Crippen molar-refractivity contribution in [3.8, 4) is 0 Å². The number of hydrogen-bond acceptors (Lipinski definition) is 5. The molecule has 0 amide bonds. The van der Waals surface area contributed by atoms with Crippen molar-refractivity contribution < 1.29 is 23.5 Å². The van der Waals surface area contributed by atoms with Crippen LogP contribution in [0.25, 0.3) is 10.9 Å². The number of ketones is 1. The Balaban J connectivity index is 1.76. The lowest BCUT2D eigenvalue weighted by Gasteiger charge is -2.17. The molecule has 0 N–H and O–H groups in total. The van der Waals surface area contributed by atoms with Gasteiger partial charge in [-0.15, -0.1) is 0 Å². The number of nitrogens with zero attached hydrogens (tertiary/aromatic N) is 2. The highest BCUT2D eigenvalue weighted by molar-refractivity contribution is 6.01. The van der Waals surface area contributed by atoms with Gasteiger partial charge < -0.3 is 14.0 Å². The van der Waals surface area contributed by atoms with E-state index in [1.54, 1.807) is 32.2 Å². The molecular weight excluding hydrogens is 387 g/mol. The minimum atomic E-state index is -0.638. The Morgan fingerprint density at radius 2 is 1.87 bits per heavy atom. The van der Waals surface area contributed by atoms with Crippen LogP contribution in [-0.2, 0) is 9.47 Å². The molecule has 0 saturated heterocycles. The fourth-order valence-electron chi connectivity index (χ4n) is 3.78.